The normalized spacial score (nSPS) is 31.6. The maximum Gasteiger partial charge on any atom is 0.0181 e. The Morgan fingerprint density at radius 2 is 2.18 bits per heavy atom. The highest BCUT2D eigenvalue weighted by molar-refractivity contribution is 4.92. The Morgan fingerprint density at radius 3 is 2.55 bits per heavy atom. The van der Waals surface area contributed by atoms with Gasteiger partial charge in [0.05, 0.1) is 0 Å². The second-order valence-electron chi connectivity index (χ2n) is 4.26. The predicted molar refractivity (Wildman–Crippen MR) is 49.7 cm³/mol. The molecule has 1 fully saturated rings. The third kappa shape index (κ3) is 2.19. The lowest BCUT2D eigenvalue weighted by Crippen LogP contribution is -2.40. The van der Waals surface area contributed by atoms with Crippen molar-refractivity contribution in [1.29, 1.82) is 0 Å². The van der Waals surface area contributed by atoms with Gasteiger partial charge in [-0.1, -0.05) is 20.8 Å². The Balaban J connectivity index is 2.45. The second kappa shape index (κ2) is 3.57. The van der Waals surface area contributed by atoms with E-state index in [0.29, 0.717) is 5.54 Å². The van der Waals surface area contributed by atoms with Crippen LogP contribution in [0.3, 0.4) is 0 Å². The lowest BCUT2D eigenvalue weighted by molar-refractivity contribution is 0.294. The van der Waals surface area contributed by atoms with E-state index >= 15 is 0 Å². The molecule has 0 spiro atoms. The molecule has 1 N–H and O–H groups in total. The molecule has 0 bridgehead atoms. The summed E-state index contributed by atoms with van der Waals surface area (Å²) in [5.41, 5.74) is 0.508. The van der Waals surface area contributed by atoms with Crippen molar-refractivity contribution in [3.05, 3.63) is 0 Å². The van der Waals surface area contributed by atoms with Gasteiger partial charge in [-0.15, -0.1) is 0 Å². The summed E-state index contributed by atoms with van der Waals surface area (Å²) in [6.07, 6.45) is 5.41. The van der Waals surface area contributed by atoms with Crippen LogP contribution >= 0.6 is 0 Å². The molecule has 66 valence electrons. The summed E-state index contributed by atoms with van der Waals surface area (Å²) in [6, 6.07) is 0. The second-order valence-corrected chi connectivity index (χ2v) is 4.26. The standard InChI is InChI=1S/C10H21N/c1-4-10(8-9(2)3)6-5-7-11-10/h9,11H,4-8H2,1-3H3/t10-/m1/s1. The van der Waals surface area contributed by atoms with Crippen LogP contribution in [-0.4, -0.2) is 12.1 Å². The van der Waals surface area contributed by atoms with E-state index < -0.39 is 0 Å². The minimum absolute atomic E-state index is 0.508. The summed E-state index contributed by atoms with van der Waals surface area (Å²) >= 11 is 0. The van der Waals surface area contributed by atoms with Crippen LogP contribution in [0.2, 0.25) is 0 Å². The van der Waals surface area contributed by atoms with Gasteiger partial charge in [-0.25, -0.2) is 0 Å². The van der Waals surface area contributed by atoms with E-state index in [1.165, 1.54) is 32.2 Å². The number of rotatable bonds is 3. The van der Waals surface area contributed by atoms with Crippen LogP contribution in [0.25, 0.3) is 0 Å². The van der Waals surface area contributed by atoms with Crippen LogP contribution in [0.15, 0.2) is 0 Å². The summed E-state index contributed by atoms with van der Waals surface area (Å²) in [4.78, 5) is 0. The fraction of sp³-hybridized carbons (Fsp3) is 1.00. The van der Waals surface area contributed by atoms with Gasteiger partial charge < -0.3 is 5.32 Å². The Hall–Kier alpha value is -0.0400. The molecule has 1 heteroatoms. The van der Waals surface area contributed by atoms with E-state index in [1.807, 2.05) is 0 Å². The molecule has 1 heterocycles. The third-order valence-electron chi connectivity index (χ3n) is 2.81. The third-order valence-corrected chi connectivity index (χ3v) is 2.81. The van der Waals surface area contributed by atoms with Gasteiger partial charge in [-0.05, 0) is 38.1 Å². The molecule has 0 saturated carbocycles. The van der Waals surface area contributed by atoms with Gasteiger partial charge in [-0.2, -0.15) is 0 Å². The molecule has 1 saturated heterocycles. The first kappa shape index (κ1) is 9.05. The van der Waals surface area contributed by atoms with E-state index in [1.54, 1.807) is 0 Å². The highest BCUT2D eigenvalue weighted by Crippen LogP contribution is 2.29. The maximum absolute atomic E-state index is 3.65. The summed E-state index contributed by atoms with van der Waals surface area (Å²) in [5, 5.41) is 3.65. The van der Waals surface area contributed by atoms with Gasteiger partial charge in [0, 0.05) is 5.54 Å². The van der Waals surface area contributed by atoms with Gasteiger partial charge >= 0.3 is 0 Å². The average molecular weight is 155 g/mol. The van der Waals surface area contributed by atoms with E-state index in [4.69, 9.17) is 0 Å². The molecule has 0 aromatic heterocycles. The molecule has 0 aromatic carbocycles. The zero-order valence-electron chi connectivity index (χ0n) is 8.11. The maximum atomic E-state index is 3.65. The molecule has 1 aliphatic rings. The quantitative estimate of drug-likeness (QED) is 0.660. The van der Waals surface area contributed by atoms with Crippen molar-refractivity contribution in [2.75, 3.05) is 6.54 Å². The number of hydrogen-bond donors (Lipinski definition) is 1. The highest BCUT2D eigenvalue weighted by atomic mass is 15.0. The minimum atomic E-state index is 0.508. The first-order chi connectivity index (χ1) is 5.18. The van der Waals surface area contributed by atoms with Gasteiger partial charge in [0.2, 0.25) is 0 Å². The largest absolute Gasteiger partial charge is 0.311 e. The Morgan fingerprint density at radius 1 is 1.45 bits per heavy atom. The number of nitrogens with one attached hydrogen (secondary N) is 1. The van der Waals surface area contributed by atoms with E-state index in [0.717, 1.165) is 5.92 Å². The van der Waals surface area contributed by atoms with E-state index in [2.05, 4.69) is 26.1 Å². The lowest BCUT2D eigenvalue weighted by atomic mass is 9.85. The molecular weight excluding hydrogens is 134 g/mol. The van der Waals surface area contributed by atoms with Crippen LogP contribution in [-0.2, 0) is 0 Å². The van der Waals surface area contributed by atoms with E-state index in [-0.39, 0.29) is 0 Å². The zero-order valence-corrected chi connectivity index (χ0v) is 8.11. The van der Waals surface area contributed by atoms with Gasteiger partial charge in [0.25, 0.3) is 0 Å². The minimum Gasteiger partial charge on any atom is -0.311 e. The van der Waals surface area contributed by atoms with Gasteiger partial charge in [0.15, 0.2) is 0 Å². The zero-order chi connectivity index (χ0) is 8.32. The molecule has 1 atom stereocenters. The van der Waals surface area contributed by atoms with Crippen LogP contribution < -0.4 is 5.32 Å². The molecule has 11 heavy (non-hydrogen) atoms. The lowest BCUT2D eigenvalue weighted by Gasteiger charge is -2.30. The fourth-order valence-electron chi connectivity index (χ4n) is 2.27. The molecule has 1 nitrogen and oxygen atoms in total. The number of hydrogen-bond acceptors (Lipinski definition) is 1. The summed E-state index contributed by atoms with van der Waals surface area (Å²) in [6.45, 7) is 8.18. The van der Waals surface area contributed by atoms with Gasteiger partial charge in [-0.3, -0.25) is 0 Å². The van der Waals surface area contributed by atoms with Crippen LogP contribution in [0, 0.1) is 5.92 Å². The predicted octanol–water partition coefficient (Wildman–Crippen LogP) is 2.56. The summed E-state index contributed by atoms with van der Waals surface area (Å²) < 4.78 is 0. The molecule has 0 amide bonds. The molecule has 0 unspecified atom stereocenters. The molecule has 0 radical (unpaired) electrons. The molecule has 0 aromatic rings. The molecule has 0 aliphatic carbocycles. The van der Waals surface area contributed by atoms with E-state index in [9.17, 15) is 0 Å². The smallest absolute Gasteiger partial charge is 0.0181 e. The topological polar surface area (TPSA) is 12.0 Å². The Labute approximate surface area is 70.6 Å². The van der Waals surface area contributed by atoms with Crippen molar-refractivity contribution in [3.63, 3.8) is 0 Å². The SMILES string of the molecule is CC[C@]1(CC(C)C)CCCN1. The first-order valence-electron chi connectivity index (χ1n) is 4.93. The fourth-order valence-corrected chi connectivity index (χ4v) is 2.27. The molecular formula is C10H21N. The molecule has 1 aliphatic heterocycles. The average Bonchev–Trinajstić information content (AvgIpc) is 2.36. The van der Waals surface area contributed by atoms with Crippen molar-refractivity contribution >= 4 is 0 Å². The summed E-state index contributed by atoms with van der Waals surface area (Å²) in [5.74, 6) is 0.834. The van der Waals surface area contributed by atoms with Crippen molar-refractivity contribution < 1.29 is 0 Å². The van der Waals surface area contributed by atoms with Crippen LogP contribution in [0.5, 0.6) is 0 Å². The van der Waals surface area contributed by atoms with Crippen molar-refractivity contribution in [2.24, 2.45) is 5.92 Å². The monoisotopic (exact) mass is 155 g/mol. The van der Waals surface area contributed by atoms with Crippen LogP contribution in [0.1, 0.15) is 46.5 Å². The van der Waals surface area contributed by atoms with Crippen molar-refractivity contribution in [3.8, 4) is 0 Å². The first-order valence-corrected chi connectivity index (χ1v) is 4.93. The van der Waals surface area contributed by atoms with Crippen LogP contribution in [0.4, 0.5) is 0 Å². The molecule has 1 rings (SSSR count). The van der Waals surface area contributed by atoms with Crippen molar-refractivity contribution in [1.82, 2.24) is 5.32 Å². The Kier molecular flexibility index (Phi) is 2.94. The summed E-state index contributed by atoms with van der Waals surface area (Å²) in [7, 11) is 0. The van der Waals surface area contributed by atoms with Gasteiger partial charge in [0.1, 0.15) is 0 Å². The highest BCUT2D eigenvalue weighted by Gasteiger charge is 2.31. The van der Waals surface area contributed by atoms with Crippen molar-refractivity contribution in [2.45, 2.75) is 52.0 Å². The Bertz CT molecular complexity index is 112.